The molecule has 264 valence electrons. The van der Waals surface area contributed by atoms with E-state index in [0.29, 0.717) is 23.0 Å². The molecule has 0 saturated heterocycles. The van der Waals surface area contributed by atoms with Gasteiger partial charge in [0.05, 0.1) is 0 Å². The van der Waals surface area contributed by atoms with Crippen molar-refractivity contribution in [2.24, 2.45) is 0 Å². The third kappa shape index (κ3) is 10.8. The van der Waals surface area contributed by atoms with Crippen LogP contribution >= 0.6 is 11.8 Å². The molecule has 0 fully saturated rings. The molecule has 0 saturated carbocycles. The molecule has 7 aromatic rings. The van der Waals surface area contributed by atoms with Crippen molar-refractivity contribution in [3.05, 3.63) is 189 Å². The Labute approximate surface area is 348 Å². The Hall–Kier alpha value is -5.46. The zero-order chi connectivity index (χ0) is 35.5. The Balaban J connectivity index is 0.000000562. The Morgan fingerprint density at radius 3 is 2.15 bits per heavy atom. The van der Waals surface area contributed by atoms with Crippen LogP contribution in [0.5, 0.6) is 23.0 Å². The van der Waals surface area contributed by atoms with Crippen LogP contribution in [-0.4, -0.2) is 31.8 Å². The summed E-state index contributed by atoms with van der Waals surface area (Å²) in [6.07, 6.45) is 15.6. The fraction of sp³-hybridized carbons (Fsp3) is 0.0222. The van der Waals surface area contributed by atoms with E-state index in [9.17, 15) is 0 Å². The first kappa shape index (κ1) is 39.7. The quantitative estimate of drug-likeness (QED) is 0.0821. The smallest absolute Gasteiger partial charge is 0.669 e. The van der Waals surface area contributed by atoms with E-state index in [4.69, 9.17) is 15.9 Å². The summed E-state index contributed by atoms with van der Waals surface area (Å²) in [6, 6.07) is 60.8. The Bertz CT molecular complexity index is 2400. The van der Waals surface area contributed by atoms with Crippen molar-refractivity contribution in [1.29, 1.82) is 0 Å². The predicted molar refractivity (Wildman–Crippen MR) is 200 cm³/mol. The number of benzene rings is 5. The summed E-state index contributed by atoms with van der Waals surface area (Å²) in [4.78, 5) is 6.74. The standard InChI is InChI=1S/C39H24N3O2S.C6H4N.2Pt/c1-41-20-21-42(28-41)32-11-9-15-35(26-32)44-34-14-8-10-30(22-34)39-25-29(18-19-40-39)31-23-36(43-33-12-4-2-5-13-33)27-38(24-31)45-37-16-6-3-7-17-37;1-2-7-5-3-4-6-7;;/h2-12,14-17,19-21,24-25,27H,1H3;3-6H;;/q-3;-1;+2;+4. The summed E-state index contributed by atoms with van der Waals surface area (Å²) in [7, 11) is 1.92. The van der Waals surface area contributed by atoms with Gasteiger partial charge in [0.25, 0.3) is 6.20 Å². The monoisotopic (exact) mass is 1080 g/mol. The number of rotatable bonds is 9. The van der Waals surface area contributed by atoms with Crippen molar-refractivity contribution in [1.82, 2.24) is 9.55 Å². The molecule has 1 aliphatic rings. The van der Waals surface area contributed by atoms with Crippen LogP contribution in [0.25, 0.3) is 22.4 Å². The van der Waals surface area contributed by atoms with E-state index >= 15 is 0 Å². The number of pyridine rings is 1. The molecular weight excluding hydrogens is 1050 g/mol. The molecule has 1 aliphatic heterocycles. The van der Waals surface area contributed by atoms with Gasteiger partial charge in [-0.15, -0.1) is 53.7 Å². The first-order valence-electron chi connectivity index (χ1n) is 16.2. The van der Waals surface area contributed by atoms with Crippen LogP contribution in [0.3, 0.4) is 0 Å². The van der Waals surface area contributed by atoms with Crippen LogP contribution in [0.1, 0.15) is 0 Å². The average Bonchev–Trinajstić information content (AvgIpc) is 3.89. The third-order valence-electron chi connectivity index (χ3n) is 7.41. The van der Waals surface area contributed by atoms with E-state index in [1.165, 1.54) is 0 Å². The summed E-state index contributed by atoms with van der Waals surface area (Å²) in [5.74, 6) is 2.34. The number of para-hydroxylation sites is 1. The Kier molecular flexibility index (Phi) is 14.4. The van der Waals surface area contributed by atoms with Gasteiger partial charge in [-0.1, -0.05) is 68.4 Å². The maximum absolute atomic E-state index is 6.57. The molecule has 2 aromatic heterocycles. The molecule has 5 aromatic carbocycles. The van der Waals surface area contributed by atoms with Gasteiger partial charge in [0.1, 0.15) is 5.69 Å². The molecule has 0 amide bonds. The van der Waals surface area contributed by atoms with Crippen LogP contribution in [0, 0.1) is 42.8 Å². The molecule has 8 rings (SSSR count). The molecule has 9 heteroatoms. The largest absolute Gasteiger partial charge is 4.00 e. The number of aromatic nitrogens is 2. The Morgan fingerprint density at radius 1 is 0.704 bits per heavy atom. The summed E-state index contributed by atoms with van der Waals surface area (Å²) in [5.41, 5.74) is 4.00. The molecule has 0 N–H and O–H groups in total. The zero-order valence-corrected chi connectivity index (χ0v) is 33.9. The van der Waals surface area contributed by atoms with Gasteiger partial charge in [0, 0.05) is 40.3 Å². The number of nitrogens with zero attached hydrogens (tertiary/aromatic N) is 4. The predicted octanol–water partition coefficient (Wildman–Crippen LogP) is 9.98. The van der Waals surface area contributed by atoms with Crippen LogP contribution in [0.4, 0.5) is 5.69 Å². The van der Waals surface area contributed by atoms with Crippen molar-refractivity contribution < 1.29 is 60.8 Å². The van der Waals surface area contributed by atoms with Gasteiger partial charge in [0.15, 0.2) is 7.05 Å². The van der Waals surface area contributed by atoms with Crippen molar-refractivity contribution in [3.63, 3.8) is 0 Å². The fourth-order valence-electron chi connectivity index (χ4n) is 5.01. The van der Waals surface area contributed by atoms with Crippen LogP contribution in [-0.2, 0) is 42.1 Å². The van der Waals surface area contributed by atoms with Crippen LogP contribution < -0.4 is 9.47 Å². The molecule has 3 heterocycles. The number of hydrogen-bond acceptors (Lipinski definition) is 4. The summed E-state index contributed by atoms with van der Waals surface area (Å²) in [5, 5.41) is 0. The van der Waals surface area contributed by atoms with Crippen molar-refractivity contribution >= 4 is 23.5 Å². The van der Waals surface area contributed by atoms with E-state index < -0.39 is 0 Å². The van der Waals surface area contributed by atoms with Crippen LogP contribution in [0.2, 0.25) is 0 Å². The van der Waals surface area contributed by atoms with Gasteiger partial charge in [-0.3, -0.25) is 11.1 Å². The van der Waals surface area contributed by atoms with Gasteiger partial charge in [-0.05, 0) is 24.3 Å². The topological polar surface area (TPSA) is 42.3 Å². The zero-order valence-electron chi connectivity index (χ0n) is 28.6. The first-order chi connectivity index (χ1) is 25.6. The summed E-state index contributed by atoms with van der Waals surface area (Å²) in [6.45, 7) is 0. The molecule has 0 spiro atoms. The maximum Gasteiger partial charge on any atom is 4.00 e. The van der Waals surface area contributed by atoms with Gasteiger partial charge >= 0.3 is 48.1 Å². The van der Waals surface area contributed by atoms with E-state index in [1.807, 2.05) is 132 Å². The van der Waals surface area contributed by atoms with Crippen molar-refractivity contribution in [2.75, 3.05) is 7.05 Å². The molecule has 6 nitrogen and oxygen atoms in total. The van der Waals surface area contributed by atoms with E-state index in [-0.39, 0.29) is 42.1 Å². The summed E-state index contributed by atoms with van der Waals surface area (Å²) >= 11 is 1.66. The second-order valence-electron chi connectivity index (χ2n) is 11.2. The van der Waals surface area contributed by atoms with Crippen molar-refractivity contribution in [2.45, 2.75) is 9.79 Å². The molecule has 0 aliphatic carbocycles. The first-order valence-corrected chi connectivity index (χ1v) is 17.0. The van der Waals surface area contributed by atoms with E-state index in [0.717, 1.165) is 37.9 Å². The second-order valence-corrected chi connectivity index (χ2v) is 12.3. The third-order valence-corrected chi connectivity index (χ3v) is 8.39. The van der Waals surface area contributed by atoms with Gasteiger partial charge in [-0.2, -0.15) is 36.4 Å². The van der Waals surface area contributed by atoms with E-state index in [1.54, 1.807) is 34.9 Å². The molecule has 54 heavy (non-hydrogen) atoms. The minimum atomic E-state index is 0. The maximum atomic E-state index is 6.57. The fourth-order valence-corrected chi connectivity index (χ4v) is 5.92. The minimum absolute atomic E-state index is 0. The second kappa shape index (κ2) is 19.6. The van der Waals surface area contributed by atoms with Gasteiger partial charge in [-0.25, -0.2) is 18.2 Å². The molecular formula is C45H28N4O2Pt2S+2. The number of ether oxygens (including phenoxy) is 2. The van der Waals surface area contributed by atoms with E-state index in [2.05, 4.69) is 65.6 Å². The molecule has 0 atom stereocenters. The molecule has 0 radical (unpaired) electrons. The normalized spacial score (nSPS) is 11.0. The summed E-state index contributed by atoms with van der Waals surface area (Å²) < 4.78 is 17.6. The van der Waals surface area contributed by atoms with Crippen LogP contribution in [0.15, 0.2) is 162 Å². The molecule has 0 bridgehead atoms. The average molecular weight is 1080 g/mol. The van der Waals surface area contributed by atoms with Gasteiger partial charge in [0.2, 0.25) is 6.20 Å². The number of hydrogen-bond donors (Lipinski definition) is 0. The molecule has 0 unspecified atom stereocenters. The van der Waals surface area contributed by atoms with Crippen molar-refractivity contribution in [3.8, 4) is 51.4 Å². The SMILES string of the molecule is C[N+]1=C=[N+](c2[c-]c(Oc3[c-]c(-c4cc(-c5[c-]c(Oc6[c-]cccc6)cc(Sc6ccccc6)c5)[c-]cn4)ccc3)ccc2)C=C1.[C-]#Cn1cccc1.[Pt+2].[Pt+4]. The minimum Gasteiger partial charge on any atom is -0.669 e. The Morgan fingerprint density at radius 2 is 1.43 bits per heavy atom. The van der Waals surface area contributed by atoms with Gasteiger partial charge < -0.3 is 25.4 Å².